The van der Waals surface area contributed by atoms with Gasteiger partial charge in [0.05, 0.1) is 27.0 Å². The molecule has 0 N–H and O–H groups in total. The molecule has 2 aliphatic heterocycles. The number of thiazole rings is 1. The molecule has 2 aliphatic rings. The minimum Gasteiger partial charge on any atom is -0.467 e. The summed E-state index contributed by atoms with van der Waals surface area (Å²) in [6.45, 7) is 6.52. The van der Waals surface area contributed by atoms with Crippen molar-refractivity contribution in [3.63, 3.8) is 0 Å². The zero-order valence-electron chi connectivity index (χ0n) is 19.4. The predicted molar refractivity (Wildman–Crippen MR) is 136 cm³/mol. The lowest BCUT2D eigenvalue weighted by Crippen LogP contribution is -2.39. The number of aromatic nitrogens is 1. The SMILES string of the molecule is CCCS(=O)N1CCC(Oc2nc3ccc(C4=CCN(S(=O)(=O)CCC)CC4)cc3s2)CC1. The third-order valence-electron chi connectivity index (χ3n) is 6.10. The van der Waals surface area contributed by atoms with Crippen LogP contribution in [0.3, 0.4) is 0 Å². The standard InChI is InChI=1S/C23H33N3O4S3/c1-3-15-32(27)25-11-9-20(10-12-25)30-23-24-21-6-5-19(17-22(21)31-23)18-7-13-26(14-8-18)33(28,29)16-4-2/h5-7,17,20H,3-4,8-16H2,1-2H3. The van der Waals surface area contributed by atoms with Crippen LogP contribution < -0.4 is 4.74 Å². The number of hydrogen-bond donors (Lipinski definition) is 0. The maximum atomic E-state index is 12.3. The highest BCUT2D eigenvalue weighted by molar-refractivity contribution is 7.89. The van der Waals surface area contributed by atoms with Gasteiger partial charge in [-0.05, 0) is 55.4 Å². The first-order valence-electron chi connectivity index (χ1n) is 11.8. The smallest absolute Gasteiger partial charge is 0.274 e. The molecule has 3 heterocycles. The first kappa shape index (κ1) is 24.8. The molecule has 1 saturated heterocycles. The number of ether oxygens (including phenoxy) is 1. The highest BCUT2D eigenvalue weighted by atomic mass is 32.2. The molecule has 1 aromatic carbocycles. The minimum atomic E-state index is -3.15. The van der Waals surface area contributed by atoms with Crippen molar-refractivity contribution in [2.24, 2.45) is 0 Å². The van der Waals surface area contributed by atoms with E-state index in [1.165, 1.54) is 5.57 Å². The molecule has 7 nitrogen and oxygen atoms in total. The summed E-state index contributed by atoms with van der Waals surface area (Å²) in [5.41, 5.74) is 3.23. The van der Waals surface area contributed by atoms with E-state index in [0.717, 1.165) is 53.9 Å². The van der Waals surface area contributed by atoms with Crippen molar-refractivity contribution in [3.8, 4) is 5.19 Å². The minimum absolute atomic E-state index is 0.108. The Kier molecular flexibility index (Phi) is 8.22. The Bertz CT molecular complexity index is 1120. The fraction of sp³-hybridized carbons (Fsp3) is 0.609. The number of rotatable bonds is 9. The quantitative estimate of drug-likeness (QED) is 0.508. The molecule has 1 aromatic heterocycles. The van der Waals surface area contributed by atoms with Gasteiger partial charge in [-0.3, -0.25) is 0 Å². The second kappa shape index (κ2) is 10.9. The van der Waals surface area contributed by atoms with Crippen LogP contribution in [0.5, 0.6) is 5.19 Å². The number of piperidine rings is 1. The molecule has 1 fully saturated rings. The fourth-order valence-corrected chi connectivity index (χ4v) is 7.90. The molecule has 0 saturated carbocycles. The fourth-order valence-electron chi connectivity index (χ4n) is 4.31. The monoisotopic (exact) mass is 511 g/mol. The summed E-state index contributed by atoms with van der Waals surface area (Å²) < 4.78 is 47.7. The zero-order chi connectivity index (χ0) is 23.4. The Morgan fingerprint density at radius 2 is 1.97 bits per heavy atom. The molecule has 1 unspecified atom stereocenters. The summed E-state index contributed by atoms with van der Waals surface area (Å²) in [4.78, 5) is 4.66. The molecule has 0 amide bonds. The molecule has 33 heavy (non-hydrogen) atoms. The molecule has 1 atom stereocenters. The van der Waals surface area contributed by atoms with Gasteiger partial charge in [0.25, 0.3) is 5.19 Å². The van der Waals surface area contributed by atoms with Gasteiger partial charge in [-0.1, -0.05) is 37.3 Å². The van der Waals surface area contributed by atoms with Gasteiger partial charge in [0.1, 0.15) is 6.10 Å². The largest absolute Gasteiger partial charge is 0.467 e. The molecule has 0 radical (unpaired) electrons. The lowest BCUT2D eigenvalue weighted by atomic mass is 10.0. The van der Waals surface area contributed by atoms with E-state index in [2.05, 4.69) is 28.3 Å². The van der Waals surface area contributed by atoms with E-state index in [1.54, 1.807) is 15.6 Å². The maximum Gasteiger partial charge on any atom is 0.274 e. The summed E-state index contributed by atoms with van der Waals surface area (Å²) in [6, 6.07) is 6.22. The van der Waals surface area contributed by atoms with Gasteiger partial charge in [-0.25, -0.2) is 21.9 Å². The molecular weight excluding hydrogens is 478 g/mol. The molecular formula is C23H33N3O4S3. The number of benzene rings is 1. The van der Waals surface area contributed by atoms with E-state index in [-0.39, 0.29) is 11.9 Å². The van der Waals surface area contributed by atoms with Crippen molar-refractivity contribution in [1.29, 1.82) is 0 Å². The Labute approximate surface area is 203 Å². The third-order valence-corrected chi connectivity index (χ3v) is 10.8. The lowest BCUT2D eigenvalue weighted by molar-refractivity contribution is 0.137. The highest BCUT2D eigenvalue weighted by Crippen LogP contribution is 2.33. The van der Waals surface area contributed by atoms with Crippen molar-refractivity contribution in [2.45, 2.75) is 52.1 Å². The summed E-state index contributed by atoms with van der Waals surface area (Å²) in [7, 11) is -4.02. The van der Waals surface area contributed by atoms with Gasteiger partial charge in [-0.15, -0.1) is 0 Å². The summed E-state index contributed by atoms with van der Waals surface area (Å²) in [5, 5.41) is 0.685. The second-order valence-corrected chi connectivity index (χ2v) is 13.2. The first-order valence-corrected chi connectivity index (χ1v) is 15.5. The normalized spacial score (nSPS) is 20.1. The van der Waals surface area contributed by atoms with Crippen LogP contribution in [0.2, 0.25) is 0 Å². The van der Waals surface area contributed by atoms with Gasteiger partial charge in [0.15, 0.2) is 0 Å². The molecule has 0 spiro atoms. The van der Waals surface area contributed by atoms with Crippen molar-refractivity contribution >= 4 is 48.1 Å². The van der Waals surface area contributed by atoms with Gasteiger partial charge in [0, 0.05) is 31.9 Å². The number of nitrogens with zero attached hydrogens (tertiary/aromatic N) is 3. The number of hydrogen-bond acceptors (Lipinski definition) is 6. The average Bonchev–Trinajstić information content (AvgIpc) is 3.21. The lowest BCUT2D eigenvalue weighted by Gasteiger charge is -2.30. The highest BCUT2D eigenvalue weighted by Gasteiger charge is 2.25. The Hall–Kier alpha value is -1.33. The van der Waals surface area contributed by atoms with Crippen molar-refractivity contribution in [1.82, 2.24) is 13.6 Å². The molecule has 0 bridgehead atoms. The topological polar surface area (TPSA) is 79.8 Å². The van der Waals surface area contributed by atoms with Crippen LogP contribution in [0.4, 0.5) is 0 Å². The molecule has 2 aromatic rings. The predicted octanol–water partition coefficient (Wildman–Crippen LogP) is 4.04. The maximum absolute atomic E-state index is 12.3. The van der Waals surface area contributed by atoms with Crippen molar-refractivity contribution in [3.05, 3.63) is 29.8 Å². The van der Waals surface area contributed by atoms with Gasteiger partial charge in [-0.2, -0.15) is 4.31 Å². The average molecular weight is 512 g/mol. The van der Waals surface area contributed by atoms with Crippen molar-refractivity contribution < 1.29 is 17.4 Å². The van der Waals surface area contributed by atoms with Gasteiger partial charge >= 0.3 is 0 Å². The Morgan fingerprint density at radius 3 is 2.64 bits per heavy atom. The van der Waals surface area contributed by atoms with Crippen LogP contribution in [0.1, 0.15) is 51.5 Å². The Balaban J connectivity index is 1.38. The third kappa shape index (κ3) is 6.03. The van der Waals surface area contributed by atoms with E-state index < -0.39 is 21.0 Å². The van der Waals surface area contributed by atoms with Crippen LogP contribution in [-0.2, 0) is 21.0 Å². The summed E-state index contributed by atoms with van der Waals surface area (Å²) in [6.07, 6.45) is 6.16. The van der Waals surface area contributed by atoms with Crippen LogP contribution in [-0.4, -0.2) is 70.0 Å². The van der Waals surface area contributed by atoms with E-state index >= 15 is 0 Å². The molecule has 10 heteroatoms. The zero-order valence-corrected chi connectivity index (χ0v) is 21.8. The van der Waals surface area contributed by atoms with Crippen LogP contribution in [0, 0.1) is 0 Å². The molecule has 0 aliphatic carbocycles. The van der Waals surface area contributed by atoms with E-state index in [4.69, 9.17) is 4.74 Å². The van der Waals surface area contributed by atoms with Crippen LogP contribution in [0.25, 0.3) is 15.8 Å². The molecule has 182 valence electrons. The van der Waals surface area contributed by atoms with Crippen molar-refractivity contribution in [2.75, 3.05) is 37.7 Å². The van der Waals surface area contributed by atoms with E-state index in [1.807, 2.05) is 19.1 Å². The van der Waals surface area contributed by atoms with Gasteiger partial charge < -0.3 is 4.74 Å². The van der Waals surface area contributed by atoms with Crippen LogP contribution in [0.15, 0.2) is 24.3 Å². The second-order valence-electron chi connectivity index (χ2n) is 8.59. The summed E-state index contributed by atoms with van der Waals surface area (Å²) >= 11 is 1.56. The Morgan fingerprint density at radius 1 is 1.18 bits per heavy atom. The number of fused-ring (bicyclic) bond motifs is 1. The summed E-state index contributed by atoms with van der Waals surface area (Å²) in [5.74, 6) is 0.941. The number of sulfonamides is 1. The van der Waals surface area contributed by atoms with Gasteiger partial charge in [0.2, 0.25) is 10.0 Å². The van der Waals surface area contributed by atoms with E-state index in [9.17, 15) is 12.6 Å². The van der Waals surface area contributed by atoms with Crippen LogP contribution >= 0.6 is 11.3 Å². The van der Waals surface area contributed by atoms with E-state index in [0.29, 0.717) is 31.1 Å². The molecule has 4 rings (SSSR count). The first-order chi connectivity index (χ1) is 15.9.